The molecule has 0 aliphatic heterocycles. The molecule has 2 fully saturated rings. The van der Waals surface area contributed by atoms with E-state index in [1.807, 2.05) is 0 Å². The highest BCUT2D eigenvalue weighted by atomic mass is 16.1. The molecule has 116 valence electrons. The summed E-state index contributed by atoms with van der Waals surface area (Å²) in [6, 6.07) is 0.727. The molecule has 2 unspecified atom stereocenters. The molecular weight excluding hydrogens is 246 g/mol. The van der Waals surface area contributed by atoms with Gasteiger partial charge in [0.15, 0.2) is 0 Å². The molecule has 0 bridgehead atoms. The fourth-order valence-corrected chi connectivity index (χ4v) is 4.12. The predicted octanol–water partition coefficient (Wildman–Crippen LogP) is 4.28. The van der Waals surface area contributed by atoms with Gasteiger partial charge in [0.05, 0.1) is 0 Å². The Kier molecular flexibility index (Phi) is 6.07. The largest absolute Gasteiger partial charge is 0.303 e. The van der Waals surface area contributed by atoms with Gasteiger partial charge in [-0.1, -0.05) is 39.5 Å². The van der Waals surface area contributed by atoms with E-state index in [-0.39, 0.29) is 0 Å². The van der Waals surface area contributed by atoms with Gasteiger partial charge < -0.3 is 4.90 Å². The van der Waals surface area contributed by atoms with E-state index in [2.05, 4.69) is 25.8 Å². The number of ketones is 1. The Morgan fingerprint density at radius 1 is 1.10 bits per heavy atom. The molecular formula is C18H33NO. The Morgan fingerprint density at radius 3 is 2.35 bits per heavy atom. The summed E-state index contributed by atoms with van der Waals surface area (Å²) in [4.78, 5) is 14.7. The van der Waals surface area contributed by atoms with Crippen LogP contribution >= 0.6 is 0 Å². The zero-order chi connectivity index (χ0) is 14.5. The first-order chi connectivity index (χ1) is 9.58. The lowest BCUT2D eigenvalue weighted by molar-refractivity contribution is -0.126. The maximum Gasteiger partial charge on any atom is 0.137 e. The molecule has 0 radical (unpaired) electrons. The second-order valence-electron chi connectivity index (χ2n) is 7.53. The van der Waals surface area contributed by atoms with Crippen molar-refractivity contribution in [3.05, 3.63) is 0 Å². The van der Waals surface area contributed by atoms with Crippen molar-refractivity contribution >= 4 is 5.78 Å². The van der Waals surface area contributed by atoms with E-state index in [4.69, 9.17) is 0 Å². The summed E-state index contributed by atoms with van der Waals surface area (Å²) in [5.41, 5.74) is 0. The van der Waals surface area contributed by atoms with Gasteiger partial charge in [-0.3, -0.25) is 4.79 Å². The monoisotopic (exact) mass is 279 g/mol. The van der Waals surface area contributed by atoms with Crippen LogP contribution in [0, 0.1) is 17.8 Å². The number of Topliss-reactive ketones (excluding diaryl/α,β-unsaturated/α-hetero) is 1. The number of hydrogen-bond donors (Lipinski definition) is 0. The number of nitrogens with zero attached hydrogens (tertiary/aromatic N) is 1. The molecule has 2 nitrogen and oxygen atoms in total. The van der Waals surface area contributed by atoms with Crippen molar-refractivity contribution in [2.45, 2.75) is 77.7 Å². The van der Waals surface area contributed by atoms with Crippen molar-refractivity contribution < 1.29 is 4.79 Å². The summed E-state index contributed by atoms with van der Waals surface area (Å²) in [5.74, 6) is 2.33. The van der Waals surface area contributed by atoms with Gasteiger partial charge in [-0.25, -0.2) is 0 Å². The number of carbonyl (C=O) groups is 1. The van der Waals surface area contributed by atoms with Gasteiger partial charge in [0.2, 0.25) is 0 Å². The van der Waals surface area contributed by atoms with Gasteiger partial charge in [-0.2, -0.15) is 0 Å². The molecule has 0 spiro atoms. The third-order valence-corrected chi connectivity index (χ3v) is 5.70. The lowest BCUT2D eigenvalue weighted by Crippen LogP contribution is -2.40. The van der Waals surface area contributed by atoms with Gasteiger partial charge in [0.1, 0.15) is 5.78 Å². The summed E-state index contributed by atoms with van der Waals surface area (Å²) in [6.07, 6.45) is 11.3. The zero-order valence-electron chi connectivity index (χ0n) is 13.7. The average molecular weight is 279 g/mol. The van der Waals surface area contributed by atoms with E-state index in [9.17, 15) is 4.79 Å². The molecule has 0 amide bonds. The van der Waals surface area contributed by atoms with E-state index in [1.165, 1.54) is 38.5 Å². The van der Waals surface area contributed by atoms with Crippen LogP contribution in [0.25, 0.3) is 0 Å². The standard InChI is InChI=1S/C18H33NO/c1-14(2)15-10-11-18(20)16(12-15)13-19(3)17-8-6-4-5-7-9-17/h14-17H,4-13H2,1-3H3. The molecule has 2 aliphatic rings. The summed E-state index contributed by atoms with van der Waals surface area (Å²) < 4.78 is 0. The molecule has 0 aromatic rings. The molecule has 2 aliphatic carbocycles. The van der Waals surface area contributed by atoms with Gasteiger partial charge in [0.25, 0.3) is 0 Å². The van der Waals surface area contributed by atoms with Crippen LogP contribution in [-0.4, -0.2) is 30.3 Å². The first-order valence-corrected chi connectivity index (χ1v) is 8.81. The van der Waals surface area contributed by atoms with Crippen molar-refractivity contribution in [2.24, 2.45) is 17.8 Å². The minimum absolute atomic E-state index is 0.310. The summed E-state index contributed by atoms with van der Waals surface area (Å²) in [5, 5.41) is 0. The maximum atomic E-state index is 12.2. The van der Waals surface area contributed by atoms with Crippen LogP contribution < -0.4 is 0 Å². The fourth-order valence-electron chi connectivity index (χ4n) is 4.12. The molecule has 2 atom stereocenters. The highest BCUT2D eigenvalue weighted by Gasteiger charge is 2.32. The summed E-state index contributed by atoms with van der Waals surface area (Å²) in [7, 11) is 2.25. The van der Waals surface area contributed by atoms with E-state index in [1.54, 1.807) is 0 Å². The molecule has 0 N–H and O–H groups in total. The van der Waals surface area contributed by atoms with Crippen LogP contribution in [-0.2, 0) is 4.79 Å². The highest BCUT2D eigenvalue weighted by Crippen LogP contribution is 2.33. The van der Waals surface area contributed by atoms with E-state index >= 15 is 0 Å². The third-order valence-electron chi connectivity index (χ3n) is 5.70. The Morgan fingerprint density at radius 2 is 1.75 bits per heavy atom. The molecule has 0 aromatic heterocycles. The smallest absolute Gasteiger partial charge is 0.137 e. The normalized spacial score (nSPS) is 29.9. The van der Waals surface area contributed by atoms with Crippen LogP contribution in [0.4, 0.5) is 0 Å². The Balaban J connectivity index is 1.87. The summed E-state index contributed by atoms with van der Waals surface area (Å²) >= 11 is 0. The zero-order valence-corrected chi connectivity index (χ0v) is 13.7. The molecule has 2 saturated carbocycles. The SMILES string of the molecule is CC(C)C1CCC(=O)C(CN(C)C2CCCCCC2)C1. The second-order valence-corrected chi connectivity index (χ2v) is 7.53. The van der Waals surface area contributed by atoms with Gasteiger partial charge in [-0.05, 0) is 44.6 Å². The molecule has 0 heterocycles. The van der Waals surface area contributed by atoms with Crippen LogP contribution in [0.15, 0.2) is 0 Å². The van der Waals surface area contributed by atoms with Crippen LogP contribution in [0.1, 0.15) is 71.6 Å². The van der Waals surface area contributed by atoms with Crippen molar-refractivity contribution in [3.63, 3.8) is 0 Å². The quantitative estimate of drug-likeness (QED) is 0.716. The van der Waals surface area contributed by atoms with Gasteiger partial charge >= 0.3 is 0 Å². The van der Waals surface area contributed by atoms with Gasteiger partial charge in [-0.15, -0.1) is 0 Å². The Labute approximate surface area is 125 Å². The molecule has 20 heavy (non-hydrogen) atoms. The molecule has 2 heteroatoms. The maximum absolute atomic E-state index is 12.2. The number of rotatable bonds is 4. The first-order valence-electron chi connectivity index (χ1n) is 8.81. The Hall–Kier alpha value is -0.370. The lowest BCUT2D eigenvalue weighted by Gasteiger charge is -2.35. The molecule has 2 rings (SSSR count). The van der Waals surface area contributed by atoms with Gasteiger partial charge in [0, 0.05) is 24.9 Å². The Bertz CT molecular complexity index is 305. The molecule has 0 saturated heterocycles. The second kappa shape index (κ2) is 7.59. The lowest BCUT2D eigenvalue weighted by atomic mass is 9.75. The third kappa shape index (κ3) is 4.31. The van der Waals surface area contributed by atoms with E-state index < -0.39 is 0 Å². The van der Waals surface area contributed by atoms with E-state index in [0.29, 0.717) is 11.7 Å². The number of carbonyl (C=O) groups excluding carboxylic acids is 1. The predicted molar refractivity (Wildman–Crippen MR) is 84.8 cm³/mol. The summed E-state index contributed by atoms with van der Waals surface area (Å²) in [6.45, 7) is 5.63. The van der Waals surface area contributed by atoms with E-state index in [0.717, 1.165) is 43.7 Å². The van der Waals surface area contributed by atoms with Crippen molar-refractivity contribution in [1.29, 1.82) is 0 Å². The van der Waals surface area contributed by atoms with Crippen LogP contribution in [0.2, 0.25) is 0 Å². The van der Waals surface area contributed by atoms with Crippen molar-refractivity contribution in [1.82, 2.24) is 4.90 Å². The van der Waals surface area contributed by atoms with Crippen LogP contribution in [0.3, 0.4) is 0 Å². The topological polar surface area (TPSA) is 20.3 Å². The average Bonchev–Trinajstić information content (AvgIpc) is 2.70. The minimum atomic E-state index is 0.310. The van der Waals surface area contributed by atoms with Crippen molar-refractivity contribution in [3.8, 4) is 0 Å². The molecule has 0 aromatic carbocycles. The minimum Gasteiger partial charge on any atom is -0.303 e. The fraction of sp³-hybridized carbons (Fsp3) is 0.944. The highest BCUT2D eigenvalue weighted by molar-refractivity contribution is 5.82. The number of hydrogen-bond acceptors (Lipinski definition) is 2. The van der Waals surface area contributed by atoms with Crippen molar-refractivity contribution in [2.75, 3.05) is 13.6 Å². The first kappa shape index (κ1) is 16.0. The van der Waals surface area contributed by atoms with Crippen LogP contribution in [0.5, 0.6) is 0 Å².